The molecule has 4 heteroatoms. The highest BCUT2D eigenvalue weighted by molar-refractivity contribution is 6.22. The van der Waals surface area contributed by atoms with E-state index in [1.165, 1.54) is 11.9 Å². The molecule has 1 aromatic rings. The van der Waals surface area contributed by atoms with Crippen molar-refractivity contribution < 1.29 is 0 Å². The number of nitrogens with one attached hydrogen (secondary N) is 1. The lowest BCUT2D eigenvalue weighted by molar-refractivity contribution is 0.743. The lowest BCUT2D eigenvalue weighted by atomic mass is 10.1. The molecule has 0 spiro atoms. The zero-order valence-electron chi connectivity index (χ0n) is 7.07. The minimum atomic E-state index is 0.0731. The molecule has 1 aliphatic rings. The number of hydrogen-bond donors (Lipinski definition) is 1. The van der Waals surface area contributed by atoms with Crippen molar-refractivity contribution in [3.8, 4) is 0 Å². The molecule has 1 aromatic heterocycles. The Balaban J connectivity index is 2.26. The maximum absolute atomic E-state index is 5.98. The maximum Gasteiger partial charge on any atom is 0.115 e. The molecule has 1 atom stereocenters. The number of halogens is 1. The van der Waals surface area contributed by atoms with E-state index < -0.39 is 0 Å². The molecule has 1 N–H and O–H groups in total. The summed E-state index contributed by atoms with van der Waals surface area (Å²) in [5.74, 6) is 0. The molecule has 0 amide bonds. The lowest BCUT2D eigenvalue weighted by Crippen LogP contribution is -2.28. The van der Waals surface area contributed by atoms with Gasteiger partial charge in [-0.3, -0.25) is 0 Å². The van der Waals surface area contributed by atoms with Crippen LogP contribution in [0, 0.1) is 0 Å². The van der Waals surface area contributed by atoms with E-state index in [0.717, 1.165) is 18.7 Å². The Morgan fingerprint density at radius 1 is 1.38 bits per heavy atom. The number of aromatic nitrogens is 2. The minimum Gasteiger partial charge on any atom is -0.311 e. The monoisotopic (exact) mass is 195 g/mol. The average Bonchev–Trinajstić information content (AvgIpc) is 2.19. The highest BCUT2D eigenvalue weighted by Crippen LogP contribution is 2.16. The first-order valence-electron chi connectivity index (χ1n) is 4.17. The van der Waals surface area contributed by atoms with Crippen LogP contribution in [0.25, 0.3) is 5.57 Å². The Labute approximate surface area is 81.9 Å². The molecule has 68 valence electrons. The van der Waals surface area contributed by atoms with Crippen LogP contribution in [0.3, 0.4) is 0 Å². The highest BCUT2D eigenvalue weighted by atomic mass is 35.5. The van der Waals surface area contributed by atoms with Crippen LogP contribution < -0.4 is 5.32 Å². The molecule has 0 saturated heterocycles. The number of rotatable bonds is 1. The van der Waals surface area contributed by atoms with Gasteiger partial charge in [0.1, 0.15) is 6.33 Å². The van der Waals surface area contributed by atoms with Gasteiger partial charge in [-0.25, -0.2) is 9.97 Å². The van der Waals surface area contributed by atoms with Crippen LogP contribution in [0.4, 0.5) is 0 Å². The Kier molecular flexibility index (Phi) is 2.57. The van der Waals surface area contributed by atoms with Gasteiger partial charge in [0.2, 0.25) is 0 Å². The van der Waals surface area contributed by atoms with Crippen molar-refractivity contribution in [3.63, 3.8) is 0 Å². The number of alkyl halides is 1. The van der Waals surface area contributed by atoms with Crippen molar-refractivity contribution >= 4 is 17.2 Å². The Hall–Kier alpha value is -0.930. The zero-order valence-corrected chi connectivity index (χ0v) is 7.83. The van der Waals surface area contributed by atoms with Crippen molar-refractivity contribution in [3.05, 3.63) is 30.4 Å². The summed E-state index contributed by atoms with van der Waals surface area (Å²) >= 11 is 5.98. The number of hydrogen-bond acceptors (Lipinski definition) is 3. The molecule has 2 heterocycles. The van der Waals surface area contributed by atoms with Gasteiger partial charge in [-0.1, -0.05) is 6.08 Å². The third kappa shape index (κ3) is 2.05. The summed E-state index contributed by atoms with van der Waals surface area (Å²) in [6.45, 7) is 1.68. The second-order valence-electron chi connectivity index (χ2n) is 2.97. The number of nitrogens with zero attached hydrogens (tertiary/aromatic N) is 2. The molecular weight excluding hydrogens is 186 g/mol. The quantitative estimate of drug-likeness (QED) is 0.682. The SMILES string of the molecule is ClC1C=C(c2cncnc2)CNC1. The molecule has 1 unspecified atom stereocenters. The maximum atomic E-state index is 5.98. The van der Waals surface area contributed by atoms with E-state index in [2.05, 4.69) is 21.4 Å². The second kappa shape index (κ2) is 3.85. The molecule has 0 fully saturated rings. The molecular formula is C9H10ClN3. The smallest absolute Gasteiger partial charge is 0.115 e. The van der Waals surface area contributed by atoms with Crippen LogP contribution in [0.1, 0.15) is 5.56 Å². The fourth-order valence-corrected chi connectivity index (χ4v) is 1.61. The Bertz CT molecular complexity index is 310. The normalized spacial score (nSPS) is 22.5. The van der Waals surface area contributed by atoms with Gasteiger partial charge in [-0.05, 0) is 5.57 Å². The Morgan fingerprint density at radius 3 is 2.85 bits per heavy atom. The fourth-order valence-electron chi connectivity index (χ4n) is 1.34. The topological polar surface area (TPSA) is 37.8 Å². The van der Waals surface area contributed by atoms with E-state index in [4.69, 9.17) is 11.6 Å². The van der Waals surface area contributed by atoms with Gasteiger partial charge >= 0.3 is 0 Å². The van der Waals surface area contributed by atoms with Crippen molar-refractivity contribution in [2.75, 3.05) is 13.1 Å². The molecule has 13 heavy (non-hydrogen) atoms. The molecule has 3 nitrogen and oxygen atoms in total. The molecule has 2 rings (SSSR count). The van der Waals surface area contributed by atoms with E-state index in [1.807, 2.05) is 0 Å². The standard InChI is InChI=1S/C9H10ClN3/c10-9-1-7(2-11-5-9)8-3-12-6-13-4-8/h1,3-4,6,9,11H,2,5H2. The zero-order chi connectivity index (χ0) is 9.10. The van der Waals surface area contributed by atoms with E-state index in [-0.39, 0.29) is 5.38 Å². The Morgan fingerprint density at radius 2 is 2.15 bits per heavy atom. The highest BCUT2D eigenvalue weighted by Gasteiger charge is 2.11. The van der Waals surface area contributed by atoms with Gasteiger partial charge in [0.05, 0.1) is 5.38 Å². The summed E-state index contributed by atoms with van der Waals surface area (Å²) in [5.41, 5.74) is 2.22. The summed E-state index contributed by atoms with van der Waals surface area (Å²) in [4.78, 5) is 7.92. The van der Waals surface area contributed by atoms with Crippen LogP contribution in [-0.4, -0.2) is 28.4 Å². The first-order valence-corrected chi connectivity index (χ1v) is 4.61. The van der Waals surface area contributed by atoms with Crippen LogP contribution in [0.15, 0.2) is 24.8 Å². The van der Waals surface area contributed by atoms with Crippen LogP contribution in [0.2, 0.25) is 0 Å². The van der Waals surface area contributed by atoms with Crippen molar-refractivity contribution in [2.24, 2.45) is 0 Å². The fraction of sp³-hybridized carbons (Fsp3) is 0.333. The predicted molar refractivity (Wildman–Crippen MR) is 52.5 cm³/mol. The molecule has 0 aliphatic carbocycles. The first-order chi connectivity index (χ1) is 6.36. The lowest BCUT2D eigenvalue weighted by Gasteiger charge is -2.17. The van der Waals surface area contributed by atoms with Crippen LogP contribution in [0.5, 0.6) is 0 Å². The largest absolute Gasteiger partial charge is 0.311 e. The van der Waals surface area contributed by atoms with Gasteiger partial charge in [-0.2, -0.15) is 0 Å². The molecule has 0 radical (unpaired) electrons. The summed E-state index contributed by atoms with van der Waals surface area (Å²) in [7, 11) is 0. The summed E-state index contributed by atoms with van der Waals surface area (Å²) in [5, 5.41) is 3.30. The second-order valence-corrected chi connectivity index (χ2v) is 3.53. The molecule has 1 aliphatic heterocycles. The summed E-state index contributed by atoms with van der Waals surface area (Å²) in [6, 6.07) is 0. The molecule has 0 bridgehead atoms. The predicted octanol–water partition coefficient (Wildman–Crippen LogP) is 1.07. The molecule has 0 saturated carbocycles. The van der Waals surface area contributed by atoms with Gasteiger partial charge in [0, 0.05) is 31.0 Å². The van der Waals surface area contributed by atoms with Gasteiger partial charge < -0.3 is 5.32 Å². The third-order valence-electron chi connectivity index (χ3n) is 1.97. The minimum absolute atomic E-state index is 0.0731. The van der Waals surface area contributed by atoms with E-state index in [1.54, 1.807) is 12.4 Å². The third-order valence-corrected chi connectivity index (χ3v) is 2.25. The van der Waals surface area contributed by atoms with Crippen LogP contribution in [-0.2, 0) is 0 Å². The van der Waals surface area contributed by atoms with Crippen molar-refractivity contribution in [1.82, 2.24) is 15.3 Å². The van der Waals surface area contributed by atoms with Crippen LogP contribution >= 0.6 is 11.6 Å². The van der Waals surface area contributed by atoms with Crippen molar-refractivity contribution in [1.29, 1.82) is 0 Å². The molecule has 0 aromatic carbocycles. The van der Waals surface area contributed by atoms with E-state index in [9.17, 15) is 0 Å². The van der Waals surface area contributed by atoms with Gasteiger partial charge in [0.15, 0.2) is 0 Å². The van der Waals surface area contributed by atoms with Gasteiger partial charge in [-0.15, -0.1) is 11.6 Å². The summed E-state index contributed by atoms with van der Waals surface area (Å²) < 4.78 is 0. The summed E-state index contributed by atoms with van der Waals surface area (Å²) in [6.07, 6.45) is 7.18. The first kappa shape index (κ1) is 8.66. The van der Waals surface area contributed by atoms with Gasteiger partial charge in [0.25, 0.3) is 0 Å². The average molecular weight is 196 g/mol. The van der Waals surface area contributed by atoms with E-state index in [0.29, 0.717) is 0 Å². The van der Waals surface area contributed by atoms with Crippen molar-refractivity contribution in [2.45, 2.75) is 5.38 Å². The van der Waals surface area contributed by atoms with E-state index >= 15 is 0 Å².